The van der Waals surface area contributed by atoms with Crippen molar-refractivity contribution in [3.63, 3.8) is 0 Å². The summed E-state index contributed by atoms with van der Waals surface area (Å²) in [5.74, 6) is 0.159. The van der Waals surface area contributed by atoms with Crippen LogP contribution in [0.25, 0.3) is 0 Å². The number of benzene rings is 3. The summed E-state index contributed by atoms with van der Waals surface area (Å²) in [6, 6.07) is 28.6. The highest BCUT2D eigenvalue weighted by molar-refractivity contribution is 14.1. The van der Waals surface area contributed by atoms with Crippen molar-refractivity contribution in [3.8, 4) is 5.75 Å². The van der Waals surface area contributed by atoms with Crippen LogP contribution in [0.3, 0.4) is 0 Å². The first-order chi connectivity index (χ1) is 12.7. The molecule has 130 valence electrons. The van der Waals surface area contributed by atoms with E-state index in [1.807, 2.05) is 36.4 Å². The number of carbonyl (C=O) groups excluding carboxylic acids is 1. The van der Waals surface area contributed by atoms with Crippen molar-refractivity contribution < 1.29 is 9.53 Å². The molecule has 0 unspecified atom stereocenters. The van der Waals surface area contributed by atoms with E-state index < -0.39 is 0 Å². The normalized spacial score (nSPS) is 10.5. The zero-order valence-electron chi connectivity index (χ0n) is 14.1. The van der Waals surface area contributed by atoms with Gasteiger partial charge in [-0.1, -0.05) is 65.6 Å². The largest absolute Gasteiger partial charge is 0.423 e. The molecule has 3 aromatic rings. The van der Waals surface area contributed by atoms with Crippen LogP contribution in [-0.4, -0.2) is 10.4 Å². The second-order valence-electron chi connectivity index (χ2n) is 5.53. The van der Waals surface area contributed by atoms with Gasteiger partial charge in [0.2, 0.25) is 0 Å². The lowest BCUT2D eigenvalue weighted by Crippen LogP contribution is -2.11. The second-order valence-corrected chi connectivity index (χ2v) is 8.32. The molecule has 0 amide bonds. The number of carbonyl (C=O) groups is 1. The van der Waals surface area contributed by atoms with Gasteiger partial charge < -0.3 is 4.74 Å². The van der Waals surface area contributed by atoms with Crippen LogP contribution in [0.15, 0.2) is 112 Å². The number of rotatable bonds is 6. The number of ether oxygens (including phenoxy) is 1. The molecular formula is C22H18IO2S+. The van der Waals surface area contributed by atoms with Gasteiger partial charge in [-0.3, -0.25) is 0 Å². The molecule has 0 aliphatic heterocycles. The van der Waals surface area contributed by atoms with Crippen LogP contribution in [0.2, 0.25) is 0 Å². The fourth-order valence-electron chi connectivity index (χ4n) is 2.40. The van der Waals surface area contributed by atoms with E-state index in [-0.39, 0.29) is 16.9 Å². The molecule has 0 radical (unpaired) electrons. The molecule has 3 rings (SSSR count). The van der Waals surface area contributed by atoms with Gasteiger partial charge in [0.1, 0.15) is 5.75 Å². The molecule has 26 heavy (non-hydrogen) atoms. The lowest BCUT2D eigenvalue weighted by atomic mass is 10.3. The van der Waals surface area contributed by atoms with E-state index in [0.717, 1.165) is 0 Å². The standard InChI is InChI=1S/C22H18IO2S/c1-17(16-23)22(24)25-18-12-14-21(15-13-18)26(19-8-4-2-5-9-19)20-10-6-3-7-11-20/h2-15H,1,16H2/q+1. The number of alkyl halides is 1. The van der Waals surface area contributed by atoms with Crippen LogP contribution in [-0.2, 0) is 15.7 Å². The molecule has 0 fully saturated rings. The molecule has 0 spiro atoms. The summed E-state index contributed by atoms with van der Waals surface area (Å²) in [4.78, 5) is 15.6. The number of hydrogen-bond donors (Lipinski definition) is 0. The van der Waals surface area contributed by atoms with Crippen molar-refractivity contribution >= 4 is 39.5 Å². The maximum absolute atomic E-state index is 11.9. The fourth-order valence-corrected chi connectivity index (χ4v) is 4.79. The zero-order chi connectivity index (χ0) is 18.4. The average molecular weight is 473 g/mol. The number of hydrogen-bond acceptors (Lipinski definition) is 2. The summed E-state index contributed by atoms with van der Waals surface area (Å²) in [5, 5.41) is 0. The third kappa shape index (κ3) is 4.56. The Bertz CT molecular complexity index is 838. The van der Waals surface area contributed by atoms with Crippen molar-refractivity contribution in [3.05, 3.63) is 97.1 Å². The van der Waals surface area contributed by atoms with Crippen LogP contribution >= 0.6 is 22.6 Å². The number of esters is 1. The van der Waals surface area contributed by atoms with E-state index in [2.05, 4.69) is 77.7 Å². The highest BCUT2D eigenvalue weighted by Crippen LogP contribution is 2.31. The first kappa shape index (κ1) is 18.7. The van der Waals surface area contributed by atoms with Crippen LogP contribution in [0.5, 0.6) is 5.75 Å². The van der Waals surface area contributed by atoms with Crippen molar-refractivity contribution in [1.82, 2.24) is 0 Å². The summed E-state index contributed by atoms with van der Waals surface area (Å²) in [6.07, 6.45) is 0. The molecule has 0 aromatic heterocycles. The van der Waals surface area contributed by atoms with Gasteiger partial charge in [-0.05, 0) is 48.5 Å². The Labute approximate surface area is 170 Å². The molecule has 0 atom stereocenters. The van der Waals surface area contributed by atoms with Gasteiger partial charge >= 0.3 is 5.97 Å². The highest BCUT2D eigenvalue weighted by Gasteiger charge is 2.28. The van der Waals surface area contributed by atoms with Crippen molar-refractivity contribution in [2.24, 2.45) is 0 Å². The lowest BCUT2D eigenvalue weighted by Gasteiger charge is -2.09. The van der Waals surface area contributed by atoms with Crippen LogP contribution < -0.4 is 4.74 Å². The average Bonchev–Trinajstić information content (AvgIpc) is 2.70. The molecule has 0 saturated carbocycles. The highest BCUT2D eigenvalue weighted by atomic mass is 127. The minimum atomic E-state index is -0.378. The Hall–Kier alpha value is -2.05. The van der Waals surface area contributed by atoms with Gasteiger partial charge in [0.25, 0.3) is 0 Å². The smallest absolute Gasteiger partial charge is 0.339 e. The monoisotopic (exact) mass is 473 g/mol. The molecule has 4 heteroatoms. The first-order valence-corrected chi connectivity index (χ1v) is 10.8. The minimum absolute atomic E-state index is 0.205. The van der Waals surface area contributed by atoms with E-state index >= 15 is 0 Å². The van der Waals surface area contributed by atoms with Gasteiger partial charge in [0.05, 0.1) is 10.9 Å². The van der Waals surface area contributed by atoms with Gasteiger partial charge in [0.15, 0.2) is 14.7 Å². The van der Waals surface area contributed by atoms with Crippen molar-refractivity contribution in [2.45, 2.75) is 14.7 Å². The van der Waals surface area contributed by atoms with E-state index in [9.17, 15) is 4.79 Å². The van der Waals surface area contributed by atoms with Crippen LogP contribution in [0.4, 0.5) is 0 Å². The Kier molecular flexibility index (Phi) is 6.52. The zero-order valence-corrected chi connectivity index (χ0v) is 17.1. The summed E-state index contributed by atoms with van der Waals surface area (Å²) < 4.78 is 5.93. The Balaban J connectivity index is 1.91. The molecule has 0 aliphatic rings. The summed E-state index contributed by atoms with van der Waals surface area (Å²) in [7, 11) is -0.205. The molecular weight excluding hydrogens is 455 g/mol. The van der Waals surface area contributed by atoms with E-state index in [0.29, 0.717) is 15.8 Å². The predicted molar refractivity (Wildman–Crippen MR) is 115 cm³/mol. The maximum atomic E-state index is 11.9. The third-order valence-electron chi connectivity index (χ3n) is 3.68. The Morgan fingerprint density at radius 3 is 1.73 bits per heavy atom. The van der Waals surface area contributed by atoms with Crippen LogP contribution in [0, 0.1) is 0 Å². The molecule has 0 aliphatic carbocycles. The van der Waals surface area contributed by atoms with Gasteiger partial charge in [-0.2, -0.15) is 0 Å². The van der Waals surface area contributed by atoms with Crippen molar-refractivity contribution in [1.29, 1.82) is 0 Å². The molecule has 0 bridgehead atoms. The minimum Gasteiger partial charge on any atom is -0.423 e. The summed E-state index contributed by atoms with van der Waals surface area (Å²) in [6.45, 7) is 3.71. The second kappa shape index (κ2) is 9.05. The fraction of sp³-hybridized carbons (Fsp3) is 0.0455. The predicted octanol–water partition coefficient (Wildman–Crippen LogP) is 5.68. The Morgan fingerprint density at radius 2 is 1.27 bits per heavy atom. The van der Waals surface area contributed by atoms with Gasteiger partial charge in [-0.25, -0.2) is 4.79 Å². The maximum Gasteiger partial charge on any atom is 0.339 e. The molecule has 0 saturated heterocycles. The lowest BCUT2D eigenvalue weighted by molar-refractivity contribution is -0.129. The number of halogens is 1. The van der Waals surface area contributed by atoms with Crippen LogP contribution in [0.1, 0.15) is 0 Å². The topological polar surface area (TPSA) is 26.3 Å². The van der Waals surface area contributed by atoms with Crippen molar-refractivity contribution in [2.75, 3.05) is 4.43 Å². The van der Waals surface area contributed by atoms with Gasteiger partial charge in [-0.15, -0.1) is 0 Å². The van der Waals surface area contributed by atoms with Gasteiger partial charge in [0, 0.05) is 10.0 Å². The molecule has 0 N–H and O–H groups in total. The summed E-state index contributed by atoms with van der Waals surface area (Å²) >= 11 is 2.10. The third-order valence-corrected chi connectivity index (χ3v) is 6.83. The SMILES string of the molecule is C=C(CI)C(=O)Oc1ccc([S+](c2ccccc2)c2ccccc2)cc1. The van der Waals surface area contributed by atoms with E-state index in [4.69, 9.17) is 4.74 Å². The van der Waals surface area contributed by atoms with E-state index in [1.165, 1.54) is 14.7 Å². The Morgan fingerprint density at radius 1 is 0.808 bits per heavy atom. The van der Waals surface area contributed by atoms with E-state index in [1.54, 1.807) is 0 Å². The molecule has 2 nitrogen and oxygen atoms in total. The first-order valence-electron chi connectivity index (χ1n) is 8.09. The summed E-state index contributed by atoms with van der Waals surface area (Å²) in [5.41, 5.74) is 0.461. The quantitative estimate of drug-likeness (QED) is 0.115. The molecule has 0 heterocycles. The molecule has 3 aromatic carbocycles.